The SMILES string of the molecule is CO[C@H]1CNC[C@@H]1NC(=O)Cc1cccc(OCC(F)(F)F)c1. The fraction of sp³-hybridized carbons (Fsp3) is 0.533. The predicted molar refractivity (Wildman–Crippen MR) is 77.3 cm³/mol. The van der Waals surface area contributed by atoms with E-state index >= 15 is 0 Å². The van der Waals surface area contributed by atoms with Crippen molar-refractivity contribution in [2.24, 2.45) is 0 Å². The lowest BCUT2D eigenvalue weighted by Crippen LogP contribution is -2.44. The normalized spacial score (nSPS) is 21.2. The van der Waals surface area contributed by atoms with Crippen molar-refractivity contribution in [3.8, 4) is 5.75 Å². The molecular formula is C15H19F3N2O3. The number of benzene rings is 1. The van der Waals surface area contributed by atoms with Gasteiger partial charge in [-0.05, 0) is 17.7 Å². The van der Waals surface area contributed by atoms with Gasteiger partial charge in [-0.1, -0.05) is 12.1 Å². The number of alkyl halides is 3. The monoisotopic (exact) mass is 332 g/mol. The molecule has 23 heavy (non-hydrogen) atoms. The maximum Gasteiger partial charge on any atom is 0.422 e. The highest BCUT2D eigenvalue weighted by atomic mass is 19.4. The summed E-state index contributed by atoms with van der Waals surface area (Å²) < 4.78 is 46.4. The van der Waals surface area contributed by atoms with Crippen molar-refractivity contribution in [3.63, 3.8) is 0 Å². The molecule has 1 aliphatic heterocycles. The van der Waals surface area contributed by atoms with Gasteiger partial charge in [0, 0.05) is 20.2 Å². The lowest BCUT2D eigenvalue weighted by Gasteiger charge is -2.18. The summed E-state index contributed by atoms with van der Waals surface area (Å²) in [4.78, 5) is 12.0. The molecule has 8 heteroatoms. The number of hydrogen-bond acceptors (Lipinski definition) is 4. The third-order valence-electron chi connectivity index (χ3n) is 3.47. The molecule has 5 nitrogen and oxygen atoms in total. The van der Waals surface area contributed by atoms with E-state index in [2.05, 4.69) is 15.4 Å². The van der Waals surface area contributed by atoms with Crippen molar-refractivity contribution in [3.05, 3.63) is 29.8 Å². The second-order valence-corrected chi connectivity index (χ2v) is 5.33. The predicted octanol–water partition coefficient (Wildman–Crippen LogP) is 1.27. The van der Waals surface area contributed by atoms with E-state index < -0.39 is 12.8 Å². The van der Waals surface area contributed by atoms with Gasteiger partial charge < -0.3 is 20.1 Å². The Morgan fingerprint density at radius 2 is 2.17 bits per heavy atom. The second kappa shape index (κ2) is 7.65. The van der Waals surface area contributed by atoms with E-state index in [1.807, 2.05) is 0 Å². The minimum Gasteiger partial charge on any atom is -0.484 e. The smallest absolute Gasteiger partial charge is 0.422 e. The lowest BCUT2D eigenvalue weighted by molar-refractivity contribution is -0.153. The van der Waals surface area contributed by atoms with Crippen LogP contribution in [0.2, 0.25) is 0 Å². The maximum atomic E-state index is 12.1. The molecule has 0 radical (unpaired) electrons. The topological polar surface area (TPSA) is 59.6 Å². The van der Waals surface area contributed by atoms with E-state index in [4.69, 9.17) is 4.74 Å². The molecule has 1 aromatic rings. The third-order valence-corrected chi connectivity index (χ3v) is 3.47. The minimum atomic E-state index is -4.39. The number of carbonyl (C=O) groups is 1. The number of hydrogen-bond donors (Lipinski definition) is 2. The van der Waals surface area contributed by atoms with Crippen molar-refractivity contribution < 1.29 is 27.4 Å². The average Bonchev–Trinajstić information content (AvgIpc) is 2.92. The van der Waals surface area contributed by atoms with Gasteiger partial charge in [0.1, 0.15) is 5.75 Å². The van der Waals surface area contributed by atoms with Crippen molar-refractivity contribution >= 4 is 5.91 Å². The fourth-order valence-electron chi connectivity index (χ4n) is 2.40. The molecule has 0 unspecified atom stereocenters. The van der Waals surface area contributed by atoms with Gasteiger partial charge in [0.25, 0.3) is 0 Å². The Morgan fingerprint density at radius 1 is 1.39 bits per heavy atom. The molecule has 1 aromatic carbocycles. The first-order valence-electron chi connectivity index (χ1n) is 7.19. The zero-order chi connectivity index (χ0) is 16.9. The van der Waals surface area contributed by atoms with E-state index in [0.717, 1.165) is 0 Å². The first-order valence-corrected chi connectivity index (χ1v) is 7.19. The quantitative estimate of drug-likeness (QED) is 0.824. The molecule has 2 atom stereocenters. The van der Waals surface area contributed by atoms with Gasteiger partial charge in [-0.2, -0.15) is 13.2 Å². The highest BCUT2D eigenvalue weighted by Crippen LogP contribution is 2.19. The number of halogens is 3. The van der Waals surface area contributed by atoms with E-state index in [-0.39, 0.29) is 30.2 Å². The minimum absolute atomic E-state index is 0.0656. The summed E-state index contributed by atoms with van der Waals surface area (Å²) in [7, 11) is 1.58. The number of nitrogens with one attached hydrogen (secondary N) is 2. The highest BCUT2D eigenvalue weighted by Gasteiger charge is 2.29. The Labute approximate surface area is 132 Å². The Hall–Kier alpha value is -1.80. The Kier molecular flexibility index (Phi) is 5.84. The molecule has 2 N–H and O–H groups in total. The van der Waals surface area contributed by atoms with Crippen molar-refractivity contribution in [2.45, 2.75) is 24.7 Å². The molecule has 1 amide bonds. The van der Waals surface area contributed by atoms with Gasteiger partial charge in [0.05, 0.1) is 18.6 Å². The Morgan fingerprint density at radius 3 is 2.87 bits per heavy atom. The molecule has 0 saturated carbocycles. The van der Waals surface area contributed by atoms with Gasteiger partial charge in [0.15, 0.2) is 6.61 Å². The second-order valence-electron chi connectivity index (χ2n) is 5.33. The largest absolute Gasteiger partial charge is 0.484 e. The highest BCUT2D eigenvalue weighted by molar-refractivity contribution is 5.79. The molecule has 1 aliphatic rings. The molecule has 1 fully saturated rings. The van der Waals surface area contributed by atoms with Crippen LogP contribution in [0.4, 0.5) is 13.2 Å². The molecule has 0 bridgehead atoms. The molecular weight excluding hydrogens is 313 g/mol. The van der Waals surface area contributed by atoms with Crippen LogP contribution in [0.25, 0.3) is 0 Å². The van der Waals surface area contributed by atoms with E-state index in [0.29, 0.717) is 18.7 Å². The van der Waals surface area contributed by atoms with Crippen LogP contribution in [0.5, 0.6) is 5.75 Å². The number of ether oxygens (including phenoxy) is 2. The zero-order valence-corrected chi connectivity index (χ0v) is 12.7. The number of amides is 1. The van der Waals surface area contributed by atoms with Crippen LogP contribution in [0.3, 0.4) is 0 Å². The van der Waals surface area contributed by atoms with Crippen LogP contribution in [-0.4, -0.2) is 51.0 Å². The van der Waals surface area contributed by atoms with Crippen LogP contribution in [0.15, 0.2) is 24.3 Å². The van der Waals surface area contributed by atoms with Crippen LogP contribution in [0, 0.1) is 0 Å². The number of methoxy groups -OCH3 is 1. The van der Waals surface area contributed by atoms with Gasteiger partial charge in [-0.15, -0.1) is 0 Å². The van der Waals surface area contributed by atoms with Crippen molar-refractivity contribution in [2.75, 3.05) is 26.8 Å². The molecule has 0 aliphatic carbocycles. The average molecular weight is 332 g/mol. The van der Waals surface area contributed by atoms with E-state index in [9.17, 15) is 18.0 Å². The summed E-state index contributed by atoms with van der Waals surface area (Å²) in [6.45, 7) is -0.0624. The summed E-state index contributed by atoms with van der Waals surface area (Å²) in [5.41, 5.74) is 0.585. The zero-order valence-electron chi connectivity index (χ0n) is 12.7. The maximum absolute atomic E-state index is 12.1. The summed E-state index contributed by atoms with van der Waals surface area (Å²) in [5, 5.41) is 5.97. The summed E-state index contributed by atoms with van der Waals surface area (Å²) >= 11 is 0. The third kappa shape index (κ3) is 5.72. The van der Waals surface area contributed by atoms with Gasteiger partial charge >= 0.3 is 6.18 Å². The van der Waals surface area contributed by atoms with Crippen LogP contribution in [-0.2, 0) is 16.0 Å². The molecule has 0 aromatic heterocycles. The summed E-state index contributed by atoms with van der Waals surface area (Å²) in [5.74, 6) is -0.126. The van der Waals surface area contributed by atoms with Crippen LogP contribution in [0.1, 0.15) is 5.56 Å². The molecule has 0 spiro atoms. The first kappa shape index (κ1) is 17.6. The standard InChI is InChI=1S/C15H19F3N2O3/c1-22-13-8-19-7-12(13)20-14(21)6-10-3-2-4-11(5-10)23-9-15(16,17)18/h2-5,12-13,19H,6-9H2,1H3,(H,20,21)/t12-,13-/m0/s1. The molecule has 1 heterocycles. The molecule has 1 saturated heterocycles. The number of rotatable bonds is 6. The lowest BCUT2D eigenvalue weighted by atomic mass is 10.1. The van der Waals surface area contributed by atoms with Crippen LogP contribution >= 0.6 is 0 Å². The first-order chi connectivity index (χ1) is 10.9. The van der Waals surface area contributed by atoms with Gasteiger partial charge in [0.2, 0.25) is 5.91 Å². The summed E-state index contributed by atoms with van der Waals surface area (Å²) in [6.07, 6.45) is -4.41. The number of carbonyl (C=O) groups excluding carboxylic acids is 1. The van der Waals surface area contributed by atoms with Gasteiger partial charge in [-0.25, -0.2) is 0 Å². The van der Waals surface area contributed by atoms with E-state index in [1.165, 1.54) is 12.1 Å². The summed E-state index contributed by atoms with van der Waals surface area (Å²) in [6, 6.07) is 5.97. The Balaban J connectivity index is 1.88. The molecule has 2 rings (SSSR count). The van der Waals surface area contributed by atoms with Gasteiger partial charge in [-0.3, -0.25) is 4.79 Å². The Bertz CT molecular complexity index is 537. The molecule has 128 valence electrons. The van der Waals surface area contributed by atoms with Crippen LogP contribution < -0.4 is 15.4 Å². The van der Waals surface area contributed by atoms with E-state index in [1.54, 1.807) is 19.2 Å². The van der Waals surface area contributed by atoms with Crippen molar-refractivity contribution in [1.29, 1.82) is 0 Å². The van der Waals surface area contributed by atoms with Crippen molar-refractivity contribution in [1.82, 2.24) is 10.6 Å². The fourth-order valence-corrected chi connectivity index (χ4v) is 2.40.